The molecule has 1 amide bonds. The molecule has 0 spiro atoms. The van der Waals surface area contributed by atoms with Gasteiger partial charge in [0.05, 0.1) is 6.42 Å². The predicted molar refractivity (Wildman–Crippen MR) is 80.5 cm³/mol. The molecule has 0 bridgehead atoms. The lowest BCUT2D eigenvalue weighted by atomic mass is 9.95. The van der Waals surface area contributed by atoms with Crippen LogP contribution in [0.2, 0.25) is 0 Å². The minimum Gasteiger partial charge on any atom is -0.455 e. The number of esters is 1. The number of anilines is 1. The molecule has 1 aliphatic rings. The molecule has 0 unspecified atom stereocenters. The second-order valence-electron chi connectivity index (χ2n) is 5.48. The fraction of sp³-hybridized carbons (Fsp3) is 0.500. The minimum atomic E-state index is -0.404. The molecule has 1 fully saturated rings. The zero-order valence-corrected chi connectivity index (χ0v) is 12.1. The van der Waals surface area contributed by atoms with Gasteiger partial charge in [0.2, 0.25) is 0 Å². The van der Waals surface area contributed by atoms with E-state index in [4.69, 9.17) is 10.5 Å². The van der Waals surface area contributed by atoms with E-state index in [1.54, 1.807) is 24.3 Å². The summed E-state index contributed by atoms with van der Waals surface area (Å²) < 4.78 is 5.00. The van der Waals surface area contributed by atoms with Gasteiger partial charge >= 0.3 is 5.97 Å². The van der Waals surface area contributed by atoms with Crippen LogP contribution in [0, 0.1) is 0 Å². The maximum absolute atomic E-state index is 11.7. The van der Waals surface area contributed by atoms with Gasteiger partial charge in [-0.15, -0.1) is 0 Å². The third-order valence-corrected chi connectivity index (χ3v) is 3.66. The number of carbonyl (C=O) groups excluding carboxylic acids is 2. The molecule has 1 aromatic carbocycles. The molecular formula is C16H22N2O3. The standard InChI is InChI=1S/C16H22N2O3/c17-13-8-6-12(7-9-13)10-16(20)21-11-15(19)18-14-4-2-1-3-5-14/h6-9,14H,1-5,10-11,17H2,(H,18,19). The number of nitrogen functional groups attached to an aromatic ring is 1. The highest BCUT2D eigenvalue weighted by Gasteiger charge is 2.16. The van der Waals surface area contributed by atoms with Crippen LogP contribution in [-0.4, -0.2) is 24.5 Å². The summed E-state index contributed by atoms with van der Waals surface area (Å²) >= 11 is 0. The quantitative estimate of drug-likeness (QED) is 0.640. The number of ether oxygens (including phenoxy) is 1. The Labute approximate surface area is 124 Å². The number of rotatable bonds is 5. The summed E-state index contributed by atoms with van der Waals surface area (Å²) in [5, 5.41) is 2.91. The normalized spacial score (nSPS) is 15.4. The van der Waals surface area contributed by atoms with E-state index in [9.17, 15) is 9.59 Å². The molecule has 0 radical (unpaired) electrons. The van der Waals surface area contributed by atoms with E-state index in [0.717, 1.165) is 31.2 Å². The third kappa shape index (κ3) is 5.45. The first-order valence-corrected chi connectivity index (χ1v) is 7.43. The van der Waals surface area contributed by atoms with Gasteiger partial charge in [-0.1, -0.05) is 31.4 Å². The van der Waals surface area contributed by atoms with E-state index in [0.29, 0.717) is 5.69 Å². The molecule has 114 valence electrons. The lowest BCUT2D eigenvalue weighted by Crippen LogP contribution is -2.38. The first-order chi connectivity index (χ1) is 10.1. The topological polar surface area (TPSA) is 81.4 Å². The fourth-order valence-electron chi connectivity index (χ4n) is 2.52. The molecule has 2 rings (SSSR count). The Morgan fingerprint density at radius 3 is 2.48 bits per heavy atom. The molecule has 0 saturated heterocycles. The Morgan fingerprint density at radius 1 is 1.14 bits per heavy atom. The number of benzene rings is 1. The van der Waals surface area contributed by atoms with Crippen LogP contribution in [0.25, 0.3) is 0 Å². The third-order valence-electron chi connectivity index (χ3n) is 3.66. The zero-order chi connectivity index (χ0) is 15.1. The van der Waals surface area contributed by atoms with Crippen molar-refractivity contribution in [2.75, 3.05) is 12.3 Å². The lowest BCUT2D eigenvalue weighted by molar-refractivity contribution is -0.148. The van der Waals surface area contributed by atoms with Crippen LogP contribution in [0.4, 0.5) is 5.69 Å². The van der Waals surface area contributed by atoms with Crippen LogP contribution >= 0.6 is 0 Å². The van der Waals surface area contributed by atoms with Crippen molar-refractivity contribution in [2.24, 2.45) is 0 Å². The van der Waals surface area contributed by atoms with Gasteiger partial charge in [0.15, 0.2) is 6.61 Å². The van der Waals surface area contributed by atoms with Crippen LogP contribution in [0.5, 0.6) is 0 Å². The van der Waals surface area contributed by atoms with Crippen molar-refractivity contribution in [1.29, 1.82) is 0 Å². The number of nitrogens with two attached hydrogens (primary N) is 1. The highest BCUT2D eigenvalue weighted by molar-refractivity contribution is 5.81. The average Bonchev–Trinajstić information content (AvgIpc) is 2.49. The molecule has 21 heavy (non-hydrogen) atoms. The Kier molecular flexibility index (Phi) is 5.60. The summed E-state index contributed by atoms with van der Waals surface area (Å²) in [6.07, 6.45) is 5.74. The minimum absolute atomic E-state index is 0.150. The van der Waals surface area contributed by atoms with Crippen LogP contribution in [0.3, 0.4) is 0 Å². The van der Waals surface area contributed by atoms with Gasteiger partial charge in [0, 0.05) is 11.7 Å². The molecule has 0 heterocycles. The molecule has 0 aromatic heterocycles. The van der Waals surface area contributed by atoms with Crippen molar-refractivity contribution in [2.45, 2.75) is 44.6 Å². The van der Waals surface area contributed by atoms with E-state index in [2.05, 4.69) is 5.32 Å². The second-order valence-corrected chi connectivity index (χ2v) is 5.48. The van der Waals surface area contributed by atoms with Gasteiger partial charge in [-0.25, -0.2) is 0 Å². The van der Waals surface area contributed by atoms with Crippen LogP contribution < -0.4 is 11.1 Å². The van der Waals surface area contributed by atoms with Crippen molar-refractivity contribution in [3.63, 3.8) is 0 Å². The Bertz CT molecular complexity index is 479. The van der Waals surface area contributed by atoms with Gasteiger partial charge in [0.1, 0.15) is 0 Å². The predicted octanol–water partition coefficient (Wildman–Crippen LogP) is 1.80. The number of amides is 1. The number of hydrogen-bond acceptors (Lipinski definition) is 4. The molecule has 5 heteroatoms. The van der Waals surface area contributed by atoms with Crippen LogP contribution in [0.15, 0.2) is 24.3 Å². The molecule has 0 atom stereocenters. The van der Waals surface area contributed by atoms with Crippen molar-refractivity contribution >= 4 is 17.6 Å². The summed E-state index contributed by atoms with van der Waals surface area (Å²) in [6, 6.07) is 7.26. The highest BCUT2D eigenvalue weighted by Crippen LogP contribution is 2.17. The smallest absolute Gasteiger partial charge is 0.310 e. The van der Waals surface area contributed by atoms with Crippen molar-refractivity contribution < 1.29 is 14.3 Å². The average molecular weight is 290 g/mol. The van der Waals surface area contributed by atoms with Gasteiger partial charge < -0.3 is 15.8 Å². The molecule has 0 aliphatic heterocycles. The summed E-state index contributed by atoms with van der Waals surface area (Å²) in [4.78, 5) is 23.4. The highest BCUT2D eigenvalue weighted by atomic mass is 16.5. The van der Waals surface area contributed by atoms with Crippen molar-refractivity contribution in [3.8, 4) is 0 Å². The lowest BCUT2D eigenvalue weighted by Gasteiger charge is -2.22. The fourth-order valence-corrected chi connectivity index (χ4v) is 2.52. The maximum Gasteiger partial charge on any atom is 0.310 e. The zero-order valence-electron chi connectivity index (χ0n) is 12.1. The van der Waals surface area contributed by atoms with Crippen molar-refractivity contribution in [3.05, 3.63) is 29.8 Å². The summed E-state index contributed by atoms with van der Waals surface area (Å²) in [5.41, 5.74) is 7.05. The Morgan fingerprint density at radius 2 is 1.81 bits per heavy atom. The number of nitrogens with one attached hydrogen (secondary N) is 1. The maximum atomic E-state index is 11.7. The van der Waals surface area contributed by atoms with Gasteiger partial charge in [0.25, 0.3) is 5.91 Å². The SMILES string of the molecule is Nc1ccc(CC(=O)OCC(=O)NC2CCCCC2)cc1. The van der Waals surface area contributed by atoms with Crippen LogP contribution in [0.1, 0.15) is 37.7 Å². The molecular weight excluding hydrogens is 268 g/mol. The van der Waals surface area contributed by atoms with Crippen molar-refractivity contribution in [1.82, 2.24) is 5.32 Å². The summed E-state index contributed by atoms with van der Waals surface area (Å²) in [7, 11) is 0. The molecule has 3 N–H and O–H groups in total. The number of carbonyl (C=O) groups is 2. The van der Waals surface area contributed by atoms with Gasteiger partial charge in [-0.2, -0.15) is 0 Å². The van der Waals surface area contributed by atoms with E-state index < -0.39 is 5.97 Å². The first-order valence-electron chi connectivity index (χ1n) is 7.43. The van der Waals surface area contributed by atoms with E-state index in [-0.39, 0.29) is 25.0 Å². The first kappa shape index (κ1) is 15.4. The molecule has 1 saturated carbocycles. The molecule has 1 aromatic rings. The van der Waals surface area contributed by atoms with E-state index >= 15 is 0 Å². The molecule has 1 aliphatic carbocycles. The van der Waals surface area contributed by atoms with Gasteiger partial charge in [-0.05, 0) is 30.5 Å². The summed E-state index contributed by atoms with van der Waals surface area (Å²) in [6.45, 7) is -0.204. The van der Waals surface area contributed by atoms with E-state index in [1.807, 2.05) is 0 Å². The Hall–Kier alpha value is -2.04. The second kappa shape index (κ2) is 7.67. The van der Waals surface area contributed by atoms with Crippen LogP contribution in [-0.2, 0) is 20.7 Å². The van der Waals surface area contributed by atoms with E-state index in [1.165, 1.54) is 6.42 Å². The number of hydrogen-bond donors (Lipinski definition) is 2. The molecule has 5 nitrogen and oxygen atoms in total. The monoisotopic (exact) mass is 290 g/mol. The largest absolute Gasteiger partial charge is 0.455 e. The van der Waals surface area contributed by atoms with Gasteiger partial charge in [-0.3, -0.25) is 9.59 Å². The summed E-state index contributed by atoms with van der Waals surface area (Å²) in [5.74, 6) is -0.619. The Balaban J connectivity index is 1.68.